The van der Waals surface area contributed by atoms with Crippen molar-refractivity contribution in [3.63, 3.8) is 0 Å². The molecule has 2 aromatic rings. The third kappa shape index (κ3) is 4.35. The number of hydrogen-bond donors (Lipinski definition) is 3. The van der Waals surface area contributed by atoms with Crippen LogP contribution in [0.15, 0.2) is 34.2 Å². The molecule has 1 aromatic heterocycles. The number of H-pyrrole nitrogens is 1. The first-order valence-corrected chi connectivity index (χ1v) is 8.19. The quantitative estimate of drug-likeness (QED) is 0.577. The summed E-state index contributed by atoms with van der Waals surface area (Å²) in [6.45, 7) is 5.81. The Morgan fingerprint density at radius 3 is 2.61 bits per heavy atom. The molecular weight excluding hydrogens is 312 g/mol. The fourth-order valence-corrected chi connectivity index (χ4v) is 3.10. The molecule has 122 valence electrons. The number of carbonyl (C=O) groups is 1. The normalized spacial score (nSPS) is 12.0. The standard InChI is InChI=1S/C16H20N4O2S/c1-4-11(23-16-18-12(17)8-13(21)19-16)15(22)20-14-9(2)6-5-7-10(14)3/h5-8,11H,4H2,1-3H3,(H,20,22)(H3,17,18,19,21). The molecule has 6 nitrogen and oxygen atoms in total. The van der Waals surface area contributed by atoms with Crippen LogP contribution in [0.3, 0.4) is 0 Å². The first-order chi connectivity index (χ1) is 10.9. The number of aromatic nitrogens is 2. The third-order valence-electron chi connectivity index (χ3n) is 3.39. The number of anilines is 2. The van der Waals surface area contributed by atoms with Gasteiger partial charge in [0.25, 0.3) is 5.56 Å². The zero-order valence-corrected chi connectivity index (χ0v) is 14.2. The van der Waals surface area contributed by atoms with Crippen molar-refractivity contribution >= 4 is 29.2 Å². The van der Waals surface area contributed by atoms with Crippen LogP contribution in [0.1, 0.15) is 24.5 Å². The fourth-order valence-electron chi connectivity index (χ4n) is 2.18. The number of para-hydroxylation sites is 1. The number of nitrogens with one attached hydrogen (secondary N) is 2. The van der Waals surface area contributed by atoms with Crippen molar-refractivity contribution in [3.05, 3.63) is 45.7 Å². The summed E-state index contributed by atoms with van der Waals surface area (Å²) >= 11 is 1.20. The van der Waals surface area contributed by atoms with Gasteiger partial charge in [0.15, 0.2) is 5.16 Å². The van der Waals surface area contributed by atoms with Crippen LogP contribution in [0.4, 0.5) is 11.5 Å². The summed E-state index contributed by atoms with van der Waals surface area (Å²) in [6.07, 6.45) is 0.597. The van der Waals surface area contributed by atoms with Crippen LogP contribution in [0.2, 0.25) is 0 Å². The van der Waals surface area contributed by atoms with E-state index in [0.717, 1.165) is 16.8 Å². The van der Waals surface area contributed by atoms with Gasteiger partial charge >= 0.3 is 0 Å². The molecule has 0 fully saturated rings. The first-order valence-electron chi connectivity index (χ1n) is 7.31. The molecule has 0 spiro atoms. The predicted molar refractivity (Wildman–Crippen MR) is 93.8 cm³/mol. The van der Waals surface area contributed by atoms with Crippen molar-refractivity contribution in [2.75, 3.05) is 11.1 Å². The van der Waals surface area contributed by atoms with Crippen LogP contribution in [0, 0.1) is 13.8 Å². The van der Waals surface area contributed by atoms with Gasteiger partial charge in [0.05, 0.1) is 5.25 Å². The Hall–Kier alpha value is -2.28. The second kappa shape index (κ2) is 7.32. The summed E-state index contributed by atoms with van der Waals surface area (Å²) in [7, 11) is 0. The number of nitrogens with two attached hydrogens (primary N) is 1. The molecule has 0 aliphatic heterocycles. The van der Waals surface area contributed by atoms with E-state index in [2.05, 4.69) is 15.3 Å². The van der Waals surface area contributed by atoms with Gasteiger partial charge in [0.1, 0.15) is 5.82 Å². The van der Waals surface area contributed by atoms with Gasteiger partial charge in [0.2, 0.25) is 5.91 Å². The number of nitrogen functional groups attached to an aromatic ring is 1. The van der Waals surface area contributed by atoms with Gasteiger partial charge < -0.3 is 16.0 Å². The smallest absolute Gasteiger partial charge is 0.253 e. The average molecular weight is 332 g/mol. The summed E-state index contributed by atoms with van der Waals surface area (Å²) in [5, 5.41) is 2.94. The lowest BCUT2D eigenvalue weighted by Gasteiger charge is -2.16. The molecule has 23 heavy (non-hydrogen) atoms. The number of aryl methyl sites for hydroxylation is 2. The Labute approximate surface area is 138 Å². The number of thioether (sulfide) groups is 1. The lowest BCUT2D eigenvalue weighted by Crippen LogP contribution is -2.26. The van der Waals surface area contributed by atoms with E-state index in [4.69, 9.17) is 5.73 Å². The number of amides is 1. The Bertz CT molecular complexity index is 753. The molecule has 1 amide bonds. The Morgan fingerprint density at radius 2 is 2.04 bits per heavy atom. The van der Waals surface area contributed by atoms with Crippen molar-refractivity contribution < 1.29 is 4.79 Å². The van der Waals surface area contributed by atoms with Crippen LogP contribution >= 0.6 is 11.8 Å². The molecule has 0 aliphatic carbocycles. The van der Waals surface area contributed by atoms with Crippen molar-refractivity contribution in [1.82, 2.24) is 9.97 Å². The van der Waals surface area contributed by atoms with Crippen molar-refractivity contribution in [2.24, 2.45) is 0 Å². The second-order valence-electron chi connectivity index (χ2n) is 5.25. The van der Waals surface area contributed by atoms with E-state index in [1.54, 1.807) is 0 Å². The van der Waals surface area contributed by atoms with Gasteiger partial charge in [-0.05, 0) is 31.4 Å². The zero-order chi connectivity index (χ0) is 17.0. The lowest BCUT2D eigenvalue weighted by atomic mass is 10.1. The molecule has 1 heterocycles. The van der Waals surface area contributed by atoms with Gasteiger partial charge in [-0.15, -0.1) is 0 Å². The van der Waals surface area contributed by atoms with E-state index in [1.165, 1.54) is 17.8 Å². The highest BCUT2D eigenvalue weighted by atomic mass is 32.2. The maximum absolute atomic E-state index is 12.5. The summed E-state index contributed by atoms with van der Waals surface area (Å²) in [6, 6.07) is 7.07. The molecule has 0 radical (unpaired) electrons. The number of aromatic amines is 1. The monoisotopic (exact) mass is 332 g/mol. The molecule has 4 N–H and O–H groups in total. The number of benzene rings is 1. The highest BCUT2D eigenvalue weighted by molar-refractivity contribution is 8.00. The zero-order valence-electron chi connectivity index (χ0n) is 13.3. The topological polar surface area (TPSA) is 101 Å². The summed E-state index contributed by atoms with van der Waals surface area (Å²) < 4.78 is 0. The predicted octanol–water partition coefficient (Wildman–Crippen LogP) is 2.48. The van der Waals surface area contributed by atoms with E-state index < -0.39 is 0 Å². The number of nitrogens with zero attached hydrogens (tertiary/aromatic N) is 1. The number of carbonyl (C=O) groups excluding carboxylic acids is 1. The average Bonchev–Trinajstić information content (AvgIpc) is 2.47. The molecule has 1 aromatic carbocycles. The number of hydrogen-bond acceptors (Lipinski definition) is 5. The van der Waals surface area contributed by atoms with Gasteiger partial charge in [-0.1, -0.05) is 36.9 Å². The van der Waals surface area contributed by atoms with Gasteiger partial charge in [-0.25, -0.2) is 4.98 Å². The van der Waals surface area contributed by atoms with Crippen molar-refractivity contribution in [2.45, 2.75) is 37.6 Å². The van der Waals surface area contributed by atoms with Crippen LogP contribution in [-0.4, -0.2) is 21.1 Å². The Morgan fingerprint density at radius 1 is 1.39 bits per heavy atom. The van der Waals surface area contributed by atoms with Crippen LogP contribution < -0.4 is 16.6 Å². The third-order valence-corrected chi connectivity index (χ3v) is 4.63. The van der Waals surface area contributed by atoms with Crippen LogP contribution in [0.25, 0.3) is 0 Å². The highest BCUT2D eigenvalue weighted by Crippen LogP contribution is 2.25. The maximum atomic E-state index is 12.5. The SMILES string of the molecule is CCC(Sc1nc(N)cc(=O)[nH]1)C(=O)Nc1c(C)cccc1C. The van der Waals surface area contributed by atoms with E-state index in [9.17, 15) is 9.59 Å². The van der Waals surface area contributed by atoms with E-state index in [-0.39, 0.29) is 22.5 Å². The molecular formula is C16H20N4O2S. The van der Waals surface area contributed by atoms with E-state index in [1.807, 2.05) is 39.0 Å². The minimum atomic E-state index is -0.376. The second-order valence-corrected chi connectivity index (χ2v) is 6.44. The maximum Gasteiger partial charge on any atom is 0.253 e. The first kappa shape index (κ1) is 17.1. The summed E-state index contributed by atoms with van der Waals surface area (Å²) in [5.74, 6) is 0.0150. The molecule has 7 heteroatoms. The van der Waals surface area contributed by atoms with Crippen LogP contribution in [0.5, 0.6) is 0 Å². The largest absolute Gasteiger partial charge is 0.383 e. The van der Waals surface area contributed by atoms with E-state index in [0.29, 0.717) is 11.6 Å². The molecule has 1 unspecified atom stereocenters. The van der Waals surface area contributed by atoms with Gasteiger partial charge in [-0.3, -0.25) is 9.59 Å². The van der Waals surface area contributed by atoms with Crippen molar-refractivity contribution in [1.29, 1.82) is 0 Å². The van der Waals surface area contributed by atoms with Crippen molar-refractivity contribution in [3.8, 4) is 0 Å². The Balaban J connectivity index is 2.17. The highest BCUT2D eigenvalue weighted by Gasteiger charge is 2.20. The molecule has 0 saturated carbocycles. The summed E-state index contributed by atoms with van der Waals surface area (Å²) in [4.78, 5) is 30.6. The van der Waals surface area contributed by atoms with E-state index >= 15 is 0 Å². The van der Waals surface area contributed by atoms with Gasteiger partial charge in [-0.2, -0.15) is 0 Å². The minimum Gasteiger partial charge on any atom is -0.383 e. The molecule has 0 aliphatic rings. The molecule has 2 rings (SSSR count). The lowest BCUT2D eigenvalue weighted by molar-refractivity contribution is -0.115. The molecule has 0 bridgehead atoms. The van der Waals surface area contributed by atoms with Gasteiger partial charge in [0, 0.05) is 11.8 Å². The summed E-state index contributed by atoms with van der Waals surface area (Å²) in [5.41, 5.74) is 8.08. The molecule has 1 atom stereocenters. The molecule has 0 saturated heterocycles. The number of rotatable bonds is 5. The Kier molecular flexibility index (Phi) is 5.44. The fraction of sp³-hybridized carbons (Fsp3) is 0.312. The minimum absolute atomic E-state index is 0.125. The van der Waals surface area contributed by atoms with Crippen LogP contribution in [-0.2, 0) is 4.79 Å².